The molecule has 7 heteroatoms. The number of hydrogen-bond acceptors (Lipinski definition) is 3. The summed E-state index contributed by atoms with van der Waals surface area (Å²) >= 11 is 0. The first-order valence-electron chi connectivity index (χ1n) is 5.24. The number of amides is 1. The number of carbonyl (C=O) groups is 1. The van der Waals surface area contributed by atoms with Gasteiger partial charge < -0.3 is 15.4 Å². The molecule has 0 aromatic carbocycles. The summed E-state index contributed by atoms with van der Waals surface area (Å²) in [5.41, 5.74) is 4.60. The molecule has 0 fully saturated rings. The zero-order chi connectivity index (χ0) is 13.7. The lowest BCUT2D eigenvalue weighted by Crippen LogP contribution is -2.44. The summed E-state index contributed by atoms with van der Waals surface area (Å²) in [5, 5.41) is 0. The summed E-state index contributed by atoms with van der Waals surface area (Å²) < 4.78 is 41.7. The molecule has 0 aliphatic heterocycles. The van der Waals surface area contributed by atoms with E-state index in [1.807, 2.05) is 0 Å². The maximum Gasteiger partial charge on any atom is 0.406 e. The van der Waals surface area contributed by atoms with Gasteiger partial charge >= 0.3 is 6.18 Å². The Hall–Kier alpha value is -0.820. The van der Waals surface area contributed by atoms with E-state index in [0.29, 0.717) is 4.90 Å². The largest absolute Gasteiger partial charge is 0.406 e. The second-order valence-corrected chi connectivity index (χ2v) is 4.62. The smallest absolute Gasteiger partial charge is 0.366 e. The summed E-state index contributed by atoms with van der Waals surface area (Å²) in [5.74, 6) is -0.706. The molecule has 102 valence electrons. The van der Waals surface area contributed by atoms with Crippen molar-refractivity contribution in [1.29, 1.82) is 0 Å². The predicted molar refractivity (Wildman–Crippen MR) is 57.4 cm³/mol. The van der Waals surface area contributed by atoms with Crippen molar-refractivity contribution in [2.24, 2.45) is 5.73 Å². The first kappa shape index (κ1) is 16.2. The highest BCUT2D eigenvalue weighted by molar-refractivity contribution is 5.77. The Labute approximate surface area is 98.9 Å². The zero-order valence-electron chi connectivity index (χ0n) is 10.3. The van der Waals surface area contributed by atoms with Gasteiger partial charge in [0.2, 0.25) is 5.91 Å². The molecule has 0 rings (SSSR count). The van der Waals surface area contributed by atoms with Crippen molar-refractivity contribution >= 4 is 5.91 Å². The minimum absolute atomic E-state index is 0.0165. The molecule has 0 saturated heterocycles. The van der Waals surface area contributed by atoms with Gasteiger partial charge in [0.1, 0.15) is 13.2 Å². The summed E-state index contributed by atoms with van der Waals surface area (Å²) in [4.78, 5) is 12.2. The zero-order valence-corrected chi connectivity index (χ0v) is 10.3. The molecular formula is C10H19F3N2O2. The van der Waals surface area contributed by atoms with Crippen molar-refractivity contribution in [2.75, 3.05) is 26.2 Å². The SMILES string of the molecule is CC(C)(C)OCC(=O)N(CCN)CC(F)(F)F. The summed E-state index contributed by atoms with van der Waals surface area (Å²) in [6.45, 7) is 3.34. The number of alkyl halides is 3. The number of carbonyl (C=O) groups excluding carboxylic acids is 1. The normalized spacial score (nSPS) is 12.6. The molecule has 0 aliphatic carbocycles. The van der Waals surface area contributed by atoms with E-state index >= 15 is 0 Å². The van der Waals surface area contributed by atoms with Crippen LogP contribution in [0.2, 0.25) is 0 Å². The standard InChI is InChI=1S/C10H19F3N2O2/c1-9(2,3)17-6-8(16)15(5-4-14)7-10(11,12)13/h4-7,14H2,1-3H3. The molecular weight excluding hydrogens is 237 g/mol. The van der Waals surface area contributed by atoms with Crippen molar-refractivity contribution in [3.8, 4) is 0 Å². The fourth-order valence-electron chi connectivity index (χ4n) is 1.03. The molecule has 0 bridgehead atoms. The van der Waals surface area contributed by atoms with Gasteiger partial charge in [-0.25, -0.2) is 0 Å². The average molecular weight is 256 g/mol. The van der Waals surface area contributed by atoms with Gasteiger partial charge in [0, 0.05) is 13.1 Å². The summed E-state index contributed by atoms with van der Waals surface area (Å²) in [7, 11) is 0. The Balaban J connectivity index is 4.35. The monoisotopic (exact) mass is 256 g/mol. The van der Waals surface area contributed by atoms with Gasteiger partial charge in [-0.2, -0.15) is 13.2 Å². The first-order valence-corrected chi connectivity index (χ1v) is 5.24. The highest BCUT2D eigenvalue weighted by atomic mass is 19.4. The molecule has 0 aliphatic rings. The third-order valence-corrected chi connectivity index (χ3v) is 1.75. The molecule has 0 aromatic rings. The summed E-state index contributed by atoms with van der Waals surface area (Å²) in [6.07, 6.45) is -4.42. The molecule has 0 unspecified atom stereocenters. The molecule has 2 N–H and O–H groups in total. The van der Waals surface area contributed by atoms with Crippen LogP contribution in [0.5, 0.6) is 0 Å². The minimum Gasteiger partial charge on any atom is -0.366 e. The topological polar surface area (TPSA) is 55.6 Å². The van der Waals surface area contributed by atoms with Gasteiger partial charge in [0.25, 0.3) is 0 Å². The van der Waals surface area contributed by atoms with E-state index in [1.54, 1.807) is 20.8 Å². The van der Waals surface area contributed by atoms with E-state index in [1.165, 1.54) is 0 Å². The molecule has 17 heavy (non-hydrogen) atoms. The minimum atomic E-state index is -4.42. The number of ether oxygens (including phenoxy) is 1. The van der Waals surface area contributed by atoms with Gasteiger partial charge in [0.15, 0.2) is 0 Å². The number of halogens is 3. The van der Waals surface area contributed by atoms with Crippen molar-refractivity contribution < 1.29 is 22.7 Å². The van der Waals surface area contributed by atoms with Crippen LogP contribution in [-0.2, 0) is 9.53 Å². The van der Waals surface area contributed by atoms with Gasteiger partial charge in [-0.15, -0.1) is 0 Å². The lowest BCUT2D eigenvalue weighted by Gasteiger charge is -2.25. The molecule has 0 spiro atoms. The molecule has 0 radical (unpaired) electrons. The Kier molecular flexibility index (Phi) is 5.91. The van der Waals surface area contributed by atoms with Crippen LogP contribution in [0.15, 0.2) is 0 Å². The summed E-state index contributed by atoms with van der Waals surface area (Å²) in [6, 6.07) is 0. The second-order valence-electron chi connectivity index (χ2n) is 4.62. The third-order valence-electron chi connectivity index (χ3n) is 1.75. The van der Waals surface area contributed by atoms with E-state index < -0.39 is 24.2 Å². The Morgan fingerprint density at radius 2 is 1.82 bits per heavy atom. The molecule has 0 atom stereocenters. The fraction of sp³-hybridized carbons (Fsp3) is 0.900. The lowest BCUT2D eigenvalue weighted by molar-refractivity contribution is -0.166. The maximum absolute atomic E-state index is 12.2. The van der Waals surface area contributed by atoms with Gasteiger partial charge in [-0.1, -0.05) is 0 Å². The average Bonchev–Trinajstić information content (AvgIpc) is 2.10. The first-order chi connectivity index (χ1) is 7.55. The molecule has 0 aromatic heterocycles. The van der Waals surface area contributed by atoms with Crippen molar-refractivity contribution in [3.63, 3.8) is 0 Å². The number of rotatable bonds is 5. The third kappa shape index (κ3) is 8.93. The van der Waals surface area contributed by atoms with E-state index in [2.05, 4.69) is 0 Å². The van der Waals surface area contributed by atoms with Crippen LogP contribution in [0.25, 0.3) is 0 Å². The fourth-order valence-corrected chi connectivity index (χ4v) is 1.03. The van der Waals surface area contributed by atoms with Crippen LogP contribution >= 0.6 is 0 Å². The number of hydrogen-bond donors (Lipinski definition) is 1. The van der Waals surface area contributed by atoms with Crippen LogP contribution in [0, 0.1) is 0 Å². The van der Waals surface area contributed by atoms with E-state index in [0.717, 1.165) is 0 Å². The van der Waals surface area contributed by atoms with Crippen molar-refractivity contribution in [2.45, 2.75) is 32.5 Å². The molecule has 4 nitrogen and oxygen atoms in total. The van der Waals surface area contributed by atoms with Crippen LogP contribution < -0.4 is 5.73 Å². The molecule has 0 saturated carbocycles. The molecule has 1 amide bonds. The second kappa shape index (κ2) is 6.20. The van der Waals surface area contributed by atoms with E-state index in [9.17, 15) is 18.0 Å². The molecule has 0 heterocycles. The Morgan fingerprint density at radius 1 is 1.29 bits per heavy atom. The quantitative estimate of drug-likeness (QED) is 0.802. The Bertz CT molecular complexity index is 249. The van der Waals surface area contributed by atoms with Crippen LogP contribution in [0.1, 0.15) is 20.8 Å². The van der Waals surface area contributed by atoms with Crippen molar-refractivity contribution in [3.05, 3.63) is 0 Å². The van der Waals surface area contributed by atoms with E-state index in [4.69, 9.17) is 10.5 Å². The van der Waals surface area contributed by atoms with Crippen LogP contribution in [0.3, 0.4) is 0 Å². The predicted octanol–water partition coefficient (Wildman–Crippen LogP) is 1.15. The van der Waals surface area contributed by atoms with E-state index in [-0.39, 0.29) is 19.7 Å². The van der Waals surface area contributed by atoms with Gasteiger partial charge in [0.05, 0.1) is 5.60 Å². The van der Waals surface area contributed by atoms with Gasteiger partial charge in [-0.05, 0) is 20.8 Å². The maximum atomic E-state index is 12.2. The number of nitrogens with zero attached hydrogens (tertiary/aromatic N) is 1. The number of nitrogens with two attached hydrogens (primary N) is 1. The van der Waals surface area contributed by atoms with Gasteiger partial charge in [-0.3, -0.25) is 4.79 Å². The van der Waals surface area contributed by atoms with Crippen LogP contribution in [0.4, 0.5) is 13.2 Å². The lowest BCUT2D eigenvalue weighted by atomic mass is 10.2. The highest BCUT2D eigenvalue weighted by Crippen LogP contribution is 2.16. The van der Waals surface area contributed by atoms with Crippen molar-refractivity contribution in [1.82, 2.24) is 4.90 Å². The van der Waals surface area contributed by atoms with Crippen LogP contribution in [-0.4, -0.2) is 48.8 Å². The Morgan fingerprint density at radius 3 is 2.18 bits per heavy atom. The highest BCUT2D eigenvalue weighted by Gasteiger charge is 2.32.